The second kappa shape index (κ2) is 14.7. The first kappa shape index (κ1) is 35.5. The van der Waals surface area contributed by atoms with Gasteiger partial charge in [-0.1, -0.05) is 182 Å². The molecule has 3 heterocycles. The van der Waals surface area contributed by atoms with Crippen LogP contribution in [0, 0.1) is 0 Å². The van der Waals surface area contributed by atoms with Crippen molar-refractivity contribution < 1.29 is 4.42 Å². The normalized spacial score (nSPS) is 11.5. The third kappa shape index (κ3) is 5.98. The van der Waals surface area contributed by atoms with E-state index in [0.717, 1.165) is 77.7 Å². The van der Waals surface area contributed by atoms with Crippen LogP contribution >= 0.6 is 0 Å². The summed E-state index contributed by atoms with van der Waals surface area (Å²) in [6, 6.07) is 76.2. The Bertz CT molecular complexity index is 3600. The number of fused-ring (bicyclic) bond motifs is 6. The lowest BCUT2D eigenvalue weighted by Crippen LogP contribution is -2.00. The van der Waals surface area contributed by atoms with Crippen molar-refractivity contribution in [2.45, 2.75) is 0 Å². The van der Waals surface area contributed by atoms with Gasteiger partial charge in [0, 0.05) is 55.0 Å². The molecule has 0 spiro atoms. The van der Waals surface area contributed by atoms with Crippen molar-refractivity contribution in [1.29, 1.82) is 0 Å². The van der Waals surface area contributed by atoms with Crippen LogP contribution in [0.4, 0.5) is 0 Å². The van der Waals surface area contributed by atoms with E-state index in [9.17, 15) is 0 Å². The van der Waals surface area contributed by atoms with E-state index < -0.39 is 0 Å². The van der Waals surface area contributed by atoms with Gasteiger partial charge < -0.3 is 8.98 Å². The van der Waals surface area contributed by atoms with E-state index in [0.29, 0.717) is 17.5 Å². The summed E-state index contributed by atoms with van der Waals surface area (Å²) in [7, 11) is 0. The molecule has 0 atom stereocenters. The fourth-order valence-corrected chi connectivity index (χ4v) is 8.98. The average Bonchev–Trinajstić information content (AvgIpc) is 3.91. The molecule has 290 valence electrons. The van der Waals surface area contributed by atoms with Crippen LogP contribution in [0.25, 0.3) is 117 Å². The van der Waals surface area contributed by atoms with Crippen LogP contribution < -0.4 is 0 Å². The molecule has 5 nitrogen and oxygen atoms in total. The number of hydrogen-bond acceptors (Lipinski definition) is 4. The van der Waals surface area contributed by atoms with Gasteiger partial charge in [-0.15, -0.1) is 0 Å². The Kier molecular flexibility index (Phi) is 8.42. The Morgan fingerprint density at radius 2 is 0.871 bits per heavy atom. The molecular formula is C57H36N4O. The highest BCUT2D eigenvalue weighted by atomic mass is 16.3. The van der Waals surface area contributed by atoms with E-state index in [-0.39, 0.29) is 0 Å². The highest BCUT2D eigenvalue weighted by Crippen LogP contribution is 2.43. The highest BCUT2D eigenvalue weighted by molar-refractivity contribution is 6.16. The Morgan fingerprint density at radius 1 is 0.339 bits per heavy atom. The van der Waals surface area contributed by atoms with Crippen molar-refractivity contribution in [2.24, 2.45) is 0 Å². The first-order chi connectivity index (χ1) is 30.7. The molecule has 0 aliphatic rings. The van der Waals surface area contributed by atoms with Gasteiger partial charge in [0.15, 0.2) is 17.5 Å². The highest BCUT2D eigenvalue weighted by Gasteiger charge is 2.22. The molecule has 0 amide bonds. The van der Waals surface area contributed by atoms with E-state index >= 15 is 0 Å². The molecular weight excluding hydrogens is 757 g/mol. The first-order valence-corrected chi connectivity index (χ1v) is 20.9. The SMILES string of the molecule is c1ccc(-c2cc(-c3ccccc3)c3oc4cccc(-c5nc(-c6ccccc6)nc(-c6ccc(-c7cccc8c9ccccc9n(-c9ccccc9)c78)cc6)n5)c4c3c2)cc1. The molecule has 62 heavy (non-hydrogen) atoms. The molecule has 0 N–H and O–H groups in total. The summed E-state index contributed by atoms with van der Waals surface area (Å²) in [6.45, 7) is 0. The van der Waals surface area contributed by atoms with Gasteiger partial charge in [0.25, 0.3) is 0 Å². The van der Waals surface area contributed by atoms with Crippen molar-refractivity contribution >= 4 is 43.7 Å². The fourth-order valence-electron chi connectivity index (χ4n) is 8.98. The summed E-state index contributed by atoms with van der Waals surface area (Å²) < 4.78 is 9.17. The molecule has 3 aromatic heterocycles. The van der Waals surface area contributed by atoms with Crippen LogP contribution in [0.3, 0.4) is 0 Å². The molecule has 12 rings (SSSR count). The van der Waals surface area contributed by atoms with E-state index in [1.165, 1.54) is 21.8 Å². The fraction of sp³-hybridized carbons (Fsp3) is 0. The topological polar surface area (TPSA) is 56.7 Å². The standard InChI is InChI=1S/C57H36N4O/c1-5-17-37(18-6-1)42-35-48(38-19-7-2-8-20-38)54-49(36-42)52-47(28-16-30-51(52)62-54)57-59-55(40-21-9-3-10-22-40)58-56(60-57)41-33-31-39(32-34-41)44-26-15-27-46-45-25-13-14-29-50(45)61(53(44)46)43-23-11-4-12-24-43/h1-36H. The predicted molar refractivity (Wildman–Crippen MR) is 254 cm³/mol. The lowest BCUT2D eigenvalue weighted by Gasteiger charge is -2.12. The Hall–Kier alpha value is -8.41. The zero-order valence-corrected chi connectivity index (χ0v) is 33.5. The van der Waals surface area contributed by atoms with Gasteiger partial charge in [-0.25, -0.2) is 15.0 Å². The third-order valence-electron chi connectivity index (χ3n) is 11.9. The second-order valence-corrected chi connectivity index (χ2v) is 15.6. The zero-order valence-electron chi connectivity index (χ0n) is 33.5. The van der Waals surface area contributed by atoms with Gasteiger partial charge in [0.1, 0.15) is 11.2 Å². The molecule has 0 aliphatic heterocycles. The summed E-state index contributed by atoms with van der Waals surface area (Å²) in [5.41, 5.74) is 14.4. The van der Waals surface area contributed by atoms with Gasteiger partial charge in [0.05, 0.1) is 11.0 Å². The Balaban J connectivity index is 1.04. The summed E-state index contributed by atoms with van der Waals surface area (Å²) in [4.78, 5) is 15.6. The molecule has 0 bridgehead atoms. The number of rotatable bonds is 7. The van der Waals surface area contributed by atoms with Gasteiger partial charge in [-0.3, -0.25) is 0 Å². The lowest BCUT2D eigenvalue weighted by molar-refractivity contribution is 0.670. The molecule has 0 fully saturated rings. The van der Waals surface area contributed by atoms with Gasteiger partial charge in [-0.2, -0.15) is 0 Å². The maximum Gasteiger partial charge on any atom is 0.164 e. The minimum Gasteiger partial charge on any atom is -0.455 e. The molecule has 0 saturated heterocycles. The van der Waals surface area contributed by atoms with E-state index in [1.807, 2.05) is 54.6 Å². The van der Waals surface area contributed by atoms with Gasteiger partial charge in [-0.05, 0) is 58.7 Å². The second-order valence-electron chi connectivity index (χ2n) is 15.6. The monoisotopic (exact) mass is 792 g/mol. The van der Waals surface area contributed by atoms with Gasteiger partial charge in [0.2, 0.25) is 0 Å². The maximum atomic E-state index is 6.79. The number of benzene rings is 9. The minimum absolute atomic E-state index is 0.578. The number of aromatic nitrogens is 4. The molecule has 9 aromatic carbocycles. The van der Waals surface area contributed by atoms with Gasteiger partial charge >= 0.3 is 0 Å². The summed E-state index contributed by atoms with van der Waals surface area (Å²) in [5, 5.41) is 4.41. The van der Waals surface area contributed by atoms with Crippen LogP contribution in [0.2, 0.25) is 0 Å². The zero-order chi connectivity index (χ0) is 41.0. The molecule has 0 unspecified atom stereocenters. The maximum absolute atomic E-state index is 6.79. The number of hydrogen-bond donors (Lipinski definition) is 0. The van der Waals surface area contributed by atoms with E-state index in [2.05, 4.69) is 168 Å². The van der Waals surface area contributed by atoms with Crippen molar-refractivity contribution in [3.8, 4) is 73.2 Å². The van der Waals surface area contributed by atoms with Crippen LogP contribution in [-0.4, -0.2) is 19.5 Å². The molecule has 0 saturated carbocycles. The van der Waals surface area contributed by atoms with Crippen LogP contribution in [-0.2, 0) is 0 Å². The largest absolute Gasteiger partial charge is 0.455 e. The van der Waals surface area contributed by atoms with E-state index in [1.54, 1.807) is 0 Å². The van der Waals surface area contributed by atoms with Crippen molar-refractivity contribution in [3.05, 3.63) is 218 Å². The average molecular weight is 793 g/mol. The Morgan fingerprint density at radius 3 is 1.60 bits per heavy atom. The quantitative estimate of drug-likeness (QED) is 0.161. The number of furan rings is 1. The Labute approximate surface area is 357 Å². The first-order valence-electron chi connectivity index (χ1n) is 20.9. The smallest absolute Gasteiger partial charge is 0.164 e. The van der Waals surface area contributed by atoms with Crippen LogP contribution in [0.15, 0.2) is 223 Å². The third-order valence-corrected chi connectivity index (χ3v) is 11.9. The lowest BCUT2D eigenvalue weighted by atomic mass is 9.95. The van der Waals surface area contributed by atoms with Crippen molar-refractivity contribution in [3.63, 3.8) is 0 Å². The number of para-hydroxylation sites is 3. The molecule has 12 aromatic rings. The molecule has 0 aliphatic carbocycles. The predicted octanol–water partition coefficient (Wildman–Crippen LogP) is 14.9. The van der Waals surface area contributed by atoms with Crippen molar-refractivity contribution in [1.82, 2.24) is 19.5 Å². The van der Waals surface area contributed by atoms with Crippen LogP contribution in [0.1, 0.15) is 0 Å². The molecule has 5 heteroatoms. The summed E-state index contributed by atoms with van der Waals surface area (Å²) in [5.74, 6) is 1.78. The van der Waals surface area contributed by atoms with E-state index in [4.69, 9.17) is 19.4 Å². The van der Waals surface area contributed by atoms with Crippen molar-refractivity contribution in [2.75, 3.05) is 0 Å². The minimum atomic E-state index is 0.578. The summed E-state index contributed by atoms with van der Waals surface area (Å²) >= 11 is 0. The summed E-state index contributed by atoms with van der Waals surface area (Å²) in [6.07, 6.45) is 0. The van der Waals surface area contributed by atoms with Crippen LogP contribution in [0.5, 0.6) is 0 Å². The number of nitrogens with zero attached hydrogens (tertiary/aromatic N) is 4. The molecule has 0 radical (unpaired) electrons.